The number of hydrogen-bond acceptors (Lipinski definition) is 5. The Morgan fingerprint density at radius 2 is 2.23 bits per heavy atom. The van der Waals surface area contributed by atoms with Gasteiger partial charge in [-0.05, 0) is 39.1 Å². The maximum absolute atomic E-state index is 12.5. The van der Waals surface area contributed by atoms with Crippen molar-refractivity contribution in [3.8, 4) is 5.75 Å². The molecule has 1 aliphatic heterocycles. The normalized spacial score (nSPS) is 18.1. The Kier molecular flexibility index (Phi) is 5.03. The summed E-state index contributed by atoms with van der Waals surface area (Å²) in [5.41, 5.74) is 1.42. The molecule has 2 N–H and O–H groups in total. The van der Waals surface area contributed by atoms with Gasteiger partial charge in [0.05, 0.1) is 24.7 Å². The van der Waals surface area contributed by atoms with E-state index in [9.17, 15) is 9.59 Å². The smallest absolute Gasteiger partial charge is 0.304 e. The van der Waals surface area contributed by atoms with Crippen LogP contribution in [0, 0.1) is 0 Å². The van der Waals surface area contributed by atoms with Crippen molar-refractivity contribution in [2.45, 2.75) is 32.4 Å². The Hall–Kier alpha value is -2.08. The maximum Gasteiger partial charge on any atom is 0.304 e. The van der Waals surface area contributed by atoms with Gasteiger partial charge in [-0.2, -0.15) is 0 Å². The van der Waals surface area contributed by atoms with E-state index in [1.807, 2.05) is 6.92 Å². The first-order chi connectivity index (χ1) is 10.4. The molecule has 0 aromatic heterocycles. The summed E-state index contributed by atoms with van der Waals surface area (Å²) >= 11 is 0. The van der Waals surface area contributed by atoms with Crippen LogP contribution in [-0.2, 0) is 4.79 Å². The lowest BCUT2D eigenvalue weighted by Gasteiger charge is -2.26. The Morgan fingerprint density at radius 1 is 1.50 bits per heavy atom. The minimum absolute atomic E-state index is 0.0194. The Morgan fingerprint density at radius 3 is 2.91 bits per heavy atom. The van der Waals surface area contributed by atoms with Gasteiger partial charge < -0.3 is 15.2 Å². The number of ketones is 1. The number of carbonyl (C=O) groups excluding carboxylic acids is 1. The van der Waals surface area contributed by atoms with Crippen LogP contribution in [0.3, 0.4) is 0 Å². The van der Waals surface area contributed by atoms with Crippen LogP contribution in [0.2, 0.25) is 0 Å². The van der Waals surface area contributed by atoms with Gasteiger partial charge >= 0.3 is 5.97 Å². The fourth-order valence-electron chi connectivity index (χ4n) is 2.34. The lowest BCUT2D eigenvalue weighted by Crippen LogP contribution is -2.37. The fraction of sp³-hybridized carbons (Fsp3) is 0.500. The molecule has 0 bridgehead atoms. The topological polar surface area (TPSA) is 78.9 Å². The van der Waals surface area contributed by atoms with Crippen molar-refractivity contribution < 1.29 is 19.4 Å². The number of Topliss-reactive ketones (excluding diaryl/α,β-unsaturated/α-hetero) is 1. The van der Waals surface area contributed by atoms with E-state index in [2.05, 4.69) is 5.32 Å². The van der Waals surface area contributed by atoms with Crippen LogP contribution in [0.5, 0.6) is 5.75 Å². The molecule has 2 rings (SSSR count). The Labute approximate surface area is 130 Å². The molecule has 0 saturated heterocycles. The first-order valence-corrected chi connectivity index (χ1v) is 7.39. The predicted octanol–water partition coefficient (Wildman–Crippen LogP) is 1.86. The average Bonchev–Trinajstić information content (AvgIpc) is 2.50. The van der Waals surface area contributed by atoms with Gasteiger partial charge in [0.25, 0.3) is 0 Å². The average molecular weight is 306 g/mol. The minimum Gasteiger partial charge on any atom is -0.487 e. The van der Waals surface area contributed by atoms with Gasteiger partial charge in [0, 0.05) is 12.1 Å². The molecule has 2 atom stereocenters. The largest absolute Gasteiger partial charge is 0.487 e. The van der Waals surface area contributed by atoms with E-state index in [4.69, 9.17) is 9.84 Å². The van der Waals surface area contributed by atoms with E-state index >= 15 is 0 Å². The number of carbonyl (C=O) groups is 2. The molecule has 1 aliphatic rings. The molecule has 120 valence electrons. The van der Waals surface area contributed by atoms with Gasteiger partial charge in [-0.3, -0.25) is 14.5 Å². The second kappa shape index (κ2) is 6.79. The number of hydrogen-bond donors (Lipinski definition) is 2. The van der Waals surface area contributed by atoms with Crippen molar-refractivity contribution in [2.24, 2.45) is 0 Å². The van der Waals surface area contributed by atoms with Crippen molar-refractivity contribution in [1.82, 2.24) is 4.90 Å². The summed E-state index contributed by atoms with van der Waals surface area (Å²) in [7, 11) is 1.76. The molecular formula is C16H22N2O4. The molecule has 1 aromatic rings. The molecule has 0 amide bonds. The lowest BCUT2D eigenvalue weighted by molar-refractivity contribution is -0.137. The molecule has 0 saturated carbocycles. The maximum atomic E-state index is 12.5. The lowest BCUT2D eigenvalue weighted by atomic mass is 10.0. The number of ether oxygens (including phenoxy) is 1. The summed E-state index contributed by atoms with van der Waals surface area (Å²) in [6, 6.07) is 4.98. The first-order valence-electron chi connectivity index (χ1n) is 7.39. The van der Waals surface area contributed by atoms with E-state index in [1.54, 1.807) is 37.1 Å². The molecule has 6 heteroatoms. The summed E-state index contributed by atoms with van der Waals surface area (Å²) in [6.45, 7) is 4.81. The number of benzene rings is 1. The molecule has 0 spiro atoms. The number of fused-ring (bicyclic) bond motifs is 1. The molecule has 6 nitrogen and oxygen atoms in total. The first kappa shape index (κ1) is 16.3. The number of nitrogens with one attached hydrogen (secondary N) is 1. The van der Waals surface area contributed by atoms with E-state index in [0.717, 1.165) is 11.4 Å². The Balaban J connectivity index is 2.07. The number of aliphatic carboxylic acids is 1. The third-order valence-corrected chi connectivity index (χ3v) is 3.89. The summed E-state index contributed by atoms with van der Waals surface area (Å²) in [6.07, 6.45) is 0.126. The highest BCUT2D eigenvalue weighted by Gasteiger charge is 2.22. The van der Waals surface area contributed by atoms with Crippen LogP contribution >= 0.6 is 0 Å². The highest BCUT2D eigenvalue weighted by Crippen LogP contribution is 2.30. The van der Waals surface area contributed by atoms with Crippen LogP contribution in [0.25, 0.3) is 0 Å². The van der Waals surface area contributed by atoms with Crippen LogP contribution < -0.4 is 10.1 Å². The fourth-order valence-corrected chi connectivity index (χ4v) is 2.34. The highest BCUT2D eigenvalue weighted by molar-refractivity contribution is 6.01. The summed E-state index contributed by atoms with van der Waals surface area (Å²) in [4.78, 5) is 24.9. The van der Waals surface area contributed by atoms with Crippen LogP contribution in [0.15, 0.2) is 18.2 Å². The Bertz CT molecular complexity index is 573. The van der Waals surface area contributed by atoms with Crippen molar-refractivity contribution in [1.29, 1.82) is 0 Å². The van der Waals surface area contributed by atoms with Gasteiger partial charge in [0.2, 0.25) is 0 Å². The standard InChI is InChI=1S/C16H22N2O4/c1-10-9-17-13-8-12(4-5-14(13)22-10)16(21)11(2)18(3)7-6-15(19)20/h4-5,8,10-11,17H,6-7,9H2,1-3H3,(H,19,20). The predicted molar refractivity (Wildman–Crippen MR) is 83.7 cm³/mol. The van der Waals surface area contributed by atoms with E-state index in [0.29, 0.717) is 18.7 Å². The number of carboxylic acids is 1. The molecular weight excluding hydrogens is 284 g/mol. The second-order valence-electron chi connectivity index (χ2n) is 5.68. The quantitative estimate of drug-likeness (QED) is 0.781. The van der Waals surface area contributed by atoms with E-state index in [-0.39, 0.29) is 24.3 Å². The van der Waals surface area contributed by atoms with Gasteiger partial charge in [0.1, 0.15) is 11.9 Å². The summed E-state index contributed by atoms with van der Waals surface area (Å²) in [5.74, 6) is -0.144. The van der Waals surface area contributed by atoms with Gasteiger partial charge in [-0.25, -0.2) is 0 Å². The minimum atomic E-state index is -0.865. The second-order valence-corrected chi connectivity index (χ2v) is 5.68. The number of likely N-dealkylation sites (N-methyl/N-ethyl adjacent to an activating group) is 1. The number of nitrogens with zero attached hydrogens (tertiary/aromatic N) is 1. The molecule has 2 unspecified atom stereocenters. The summed E-state index contributed by atoms with van der Waals surface area (Å²) < 4.78 is 5.69. The van der Waals surface area contributed by atoms with Crippen molar-refractivity contribution in [2.75, 3.05) is 25.5 Å². The van der Waals surface area contributed by atoms with Gasteiger partial charge in [-0.15, -0.1) is 0 Å². The van der Waals surface area contributed by atoms with Crippen molar-refractivity contribution in [3.05, 3.63) is 23.8 Å². The van der Waals surface area contributed by atoms with Crippen LogP contribution in [0.1, 0.15) is 30.6 Å². The van der Waals surface area contributed by atoms with E-state index in [1.165, 1.54) is 0 Å². The highest BCUT2D eigenvalue weighted by atomic mass is 16.5. The van der Waals surface area contributed by atoms with Crippen LogP contribution in [-0.4, -0.2) is 54.0 Å². The van der Waals surface area contributed by atoms with Crippen molar-refractivity contribution >= 4 is 17.4 Å². The number of rotatable bonds is 6. The SMILES string of the molecule is CC1CNc2cc(C(=O)C(C)N(C)CCC(=O)O)ccc2O1. The summed E-state index contributed by atoms with van der Waals surface area (Å²) in [5, 5.41) is 12.0. The molecule has 22 heavy (non-hydrogen) atoms. The van der Waals surface area contributed by atoms with Gasteiger partial charge in [-0.1, -0.05) is 0 Å². The monoisotopic (exact) mass is 306 g/mol. The third-order valence-electron chi connectivity index (χ3n) is 3.89. The van der Waals surface area contributed by atoms with Gasteiger partial charge in [0.15, 0.2) is 5.78 Å². The zero-order valence-electron chi connectivity index (χ0n) is 13.1. The number of anilines is 1. The third kappa shape index (κ3) is 3.76. The van der Waals surface area contributed by atoms with Crippen molar-refractivity contribution in [3.63, 3.8) is 0 Å². The molecule has 1 aromatic carbocycles. The van der Waals surface area contributed by atoms with Crippen LogP contribution in [0.4, 0.5) is 5.69 Å². The molecule has 0 radical (unpaired) electrons. The molecule has 1 heterocycles. The van der Waals surface area contributed by atoms with E-state index < -0.39 is 5.97 Å². The zero-order valence-corrected chi connectivity index (χ0v) is 13.1. The number of carboxylic acid groups (broad SMARTS) is 1. The zero-order chi connectivity index (χ0) is 16.3. The molecule has 0 aliphatic carbocycles. The molecule has 0 fully saturated rings.